The van der Waals surface area contributed by atoms with Gasteiger partial charge in [-0.15, -0.1) is 0 Å². The summed E-state index contributed by atoms with van der Waals surface area (Å²) in [6.07, 6.45) is -4.37. The van der Waals surface area contributed by atoms with Crippen LogP contribution in [-0.2, 0) is 6.42 Å². The molecule has 0 saturated heterocycles. The van der Waals surface area contributed by atoms with Crippen molar-refractivity contribution in [1.29, 1.82) is 0 Å². The van der Waals surface area contributed by atoms with Crippen LogP contribution in [0, 0.1) is 0 Å². The molecule has 0 bridgehead atoms. The summed E-state index contributed by atoms with van der Waals surface area (Å²) in [5.74, 6) is 0.563. The monoisotopic (exact) mass is 300 g/mol. The van der Waals surface area contributed by atoms with E-state index in [9.17, 15) is 13.2 Å². The number of alkyl halides is 3. The number of benzene rings is 1. The van der Waals surface area contributed by atoms with Crippen LogP contribution in [0.1, 0.15) is 32.3 Å². The molecular formula is C16H23F3N2. The normalized spacial score (nSPS) is 13.0. The van der Waals surface area contributed by atoms with Crippen molar-refractivity contribution in [2.75, 3.05) is 0 Å². The van der Waals surface area contributed by atoms with Gasteiger partial charge in [-0.25, -0.2) is 0 Å². The van der Waals surface area contributed by atoms with E-state index >= 15 is 0 Å². The Morgan fingerprint density at radius 1 is 1.14 bits per heavy atom. The van der Waals surface area contributed by atoms with Gasteiger partial charge >= 0.3 is 6.18 Å². The van der Waals surface area contributed by atoms with Gasteiger partial charge in [-0.3, -0.25) is 0 Å². The van der Waals surface area contributed by atoms with Crippen molar-refractivity contribution in [3.05, 3.63) is 48.3 Å². The molecule has 0 saturated carbocycles. The third kappa shape index (κ3) is 8.27. The molecule has 0 aliphatic carbocycles. The molecule has 2 N–H and O–H groups in total. The Balaban J connectivity index is 2.63. The van der Waals surface area contributed by atoms with Crippen molar-refractivity contribution < 1.29 is 13.2 Å². The van der Waals surface area contributed by atoms with Gasteiger partial charge in [0.2, 0.25) is 0 Å². The molecule has 1 unspecified atom stereocenters. The molecule has 0 fully saturated rings. The van der Waals surface area contributed by atoms with E-state index < -0.39 is 12.6 Å². The van der Waals surface area contributed by atoms with Crippen LogP contribution in [0.15, 0.2) is 42.7 Å². The van der Waals surface area contributed by atoms with E-state index in [2.05, 4.69) is 17.2 Å². The summed E-state index contributed by atoms with van der Waals surface area (Å²) in [6.45, 7) is 7.72. The molecule has 2 nitrogen and oxygen atoms in total. The van der Waals surface area contributed by atoms with Gasteiger partial charge in [-0.2, -0.15) is 13.2 Å². The highest BCUT2D eigenvalue weighted by Crippen LogP contribution is 2.23. The third-order valence-electron chi connectivity index (χ3n) is 2.94. The summed E-state index contributed by atoms with van der Waals surface area (Å²) in [5, 5.41) is 6.13. The predicted molar refractivity (Wildman–Crippen MR) is 79.8 cm³/mol. The predicted octanol–water partition coefficient (Wildman–Crippen LogP) is 4.00. The van der Waals surface area contributed by atoms with Crippen LogP contribution in [-0.4, -0.2) is 18.3 Å². The highest BCUT2D eigenvalue weighted by atomic mass is 19.4. The number of hydrogen-bond donors (Lipinski definition) is 2. The van der Waals surface area contributed by atoms with E-state index in [1.54, 1.807) is 0 Å². The van der Waals surface area contributed by atoms with E-state index in [0.29, 0.717) is 12.2 Å². The molecule has 0 spiro atoms. The highest BCUT2D eigenvalue weighted by molar-refractivity contribution is 5.16. The molecule has 21 heavy (non-hydrogen) atoms. The smallest absolute Gasteiger partial charge is 0.370 e. The minimum absolute atomic E-state index is 0.0250. The first-order chi connectivity index (χ1) is 9.76. The second-order valence-corrected chi connectivity index (χ2v) is 5.46. The molecule has 0 aromatic heterocycles. The van der Waals surface area contributed by atoms with Crippen molar-refractivity contribution in [1.82, 2.24) is 10.6 Å². The average Bonchev–Trinajstić information content (AvgIpc) is 2.35. The van der Waals surface area contributed by atoms with Crippen molar-refractivity contribution in [2.45, 2.75) is 51.4 Å². The lowest BCUT2D eigenvalue weighted by atomic mass is 10.0. The molecule has 5 heteroatoms. The maximum Gasteiger partial charge on any atom is 0.389 e. The van der Waals surface area contributed by atoms with Gasteiger partial charge < -0.3 is 10.6 Å². The fourth-order valence-electron chi connectivity index (χ4n) is 2.10. The van der Waals surface area contributed by atoms with E-state index in [1.165, 1.54) is 0 Å². The first kappa shape index (κ1) is 17.4. The number of rotatable bonds is 8. The molecule has 0 aliphatic rings. The molecule has 1 aromatic carbocycles. The van der Waals surface area contributed by atoms with Crippen LogP contribution in [0.2, 0.25) is 0 Å². The summed E-state index contributed by atoms with van der Waals surface area (Å²) >= 11 is 0. The standard InChI is InChI=1S/C16H23F3N2/c1-12(2)20-13(3)21-15(9-10-16(17,18)19)11-14-7-5-4-6-8-14/h4-8,12,15,20-21H,3,9-11H2,1-2H3. The van der Waals surface area contributed by atoms with Crippen LogP contribution >= 0.6 is 0 Å². The molecule has 0 heterocycles. The van der Waals surface area contributed by atoms with Crippen molar-refractivity contribution >= 4 is 0 Å². The van der Waals surface area contributed by atoms with Gasteiger partial charge in [0.15, 0.2) is 0 Å². The van der Waals surface area contributed by atoms with Gasteiger partial charge in [0.1, 0.15) is 0 Å². The summed E-state index contributed by atoms with van der Waals surface area (Å²) in [4.78, 5) is 0. The summed E-state index contributed by atoms with van der Waals surface area (Å²) in [7, 11) is 0. The molecule has 1 rings (SSSR count). The minimum atomic E-state index is -4.14. The number of nitrogens with one attached hydrogen (secondary N) is 2. The van der Waals surface area contributed by atoms with Crippen LogP contribution in [0.5, 0.6) is 0 Å². The lowest BCUT2D eigenvalue weighted by Crippen LogP contribution is -2.38. The van der Waals surface area contributed by atoms with Gasteiger partial charge in [0.05, 0.1) is 5.82 Å². The van der Waals surface area contributed by atoms with E-state index in [4.69, 9.17) is 0 Å². The van der Waals surface area contributed by atoms with Gasteiger partial charge in [0, 0.05) is 18.5 Å². The molecule has 0 aliphatic heterocycles. The van der Waals surface area contributed by atoms with E-state index in [1.807, 2.05) is 44.2 Å². The quantitative estimate of drug-likeness (QED) is 0.758. The van der Waals surface area contributed by atoms with Crippen molar-refractivity contribution in [2.24, 2.45) is 0 Å². The van der Waals surface area contributed by atoms with Crippen LogP contribution in [0.4, 0.5) is 13.2 Å². The topological polar surface area (TPSA) is 24.1 Å². The molecular weight excluding hydrogens is 277 g/mol. The van der Waals surface area contributed by atoms with Gasteiger partial charge in [-0.1, -0.05) is 36.9 Å². The SMILES string of the molecule is C=C(NC(C)C)NC(CCC(F)(F)F)Cc1ccccc1. The van der Waals surface area contributed by atoms with E-state index in [0.717, 1.165) is 5.56 Å². The third-order valence-corrected chi connectivity index (χ3v) is 2.94. The van der Waals surface area contributed by atoms with Crippen LogP contribution in [0.3, 0.4) is 0 Å². The van der Waals surface area contributed by atoms with Gasteiger partial charge in [-0.05, 0) is 32.3 Å². The molecule has 0 radical (unpaired) electrons. The molecule has 118 valence electrons. The van der Waals surface area contributed by atoms with Gasteiger partial charge in [0.25, 0.3) is 0 Å². The Labute approximate surface area is 124 Å². The fourth-order valence-corrected chi connectivity index (χ4v) is 2.10. The Morgan fingerprint density at radius 2 is 1.76 bits per heavy atom. The Morgan fingerprint density at radius 3 is 2.29 bits per heavy atom. The summed E-state index contributed by atoms with van der Waals surface area (Å²) in [5.41, 5.74) is 1.01. The summed E-state index contributed by atoms with van der Waals surface area (Å²) < 4.78 is 37.3. The second-order valence-electron chi connectivity index (χ2n) is 5.46. The Bertz CT molecular complexity index is 427. The maximum atomic E-state index is 12.4. The number of halogens is 3. The fraction of sp³-hybridized carbons (Fsp3) is 0.500. The lowest BCUT2D eigenvalue weighted by molar-refractivity contribution is -0.136. The van der Waals surface area contributed by atoms with Crippen LogP contribution in [0.25, 0.3) is 0 Å². The largest absolute Gasteiger partial charge is 0.389 e. The molecule has 1 atom stereocenters. The first-order valence-corrected chi connectivity index (χ1v) is 7.09. The summed E-state index contributed by atoms with van der Waals surface area (Å²) in [6, 6.07) is 9.38. The van der Waals surface area contributed by atoms with E-state index in [-0.39, 0.29) is 18.5 Å². The molecule has 0 amide bonds. The first-order valence-electron chi connectivity index (χ1n) is 7.09. The second kappa shape index (κ2) is 7.96. The van der Waals surface area contributed by atoms with Crippen molar-refractivity contribution in [3.8, 4) is 0 Å². The van der Waals surface area contributed by atoms with Crippen molar-refractivity contribution in [3.63, 3.8) is 0 Å². The minimum Gasteiger partial charge on any atom is -0.370 e. The average molecular weight is 300 g/mol. The Kier molecular flexibility index (Phi) is 6.59. The number of hydrogen-bond acceptors (Lipinski definition) is 2. The van der Waals surface area contributed by atoms with Crippen LogP contribution < -0.4 is 10.6 Å². The maximum absolute atomic E-state index is 12.4. The zero-order chi connectivity index (χ0) is 15.9. The lowest BCUT2D eigenvalue weighted by Gasteiger charge is -2.24. The highest BCUT2D eigenvalue weighted by Gasteiger charge is 2.28. The zero-order valence-electron chi connectivity index (χ0n) is 12.5. The molecule has 1 aromatic rings. The Hall–Kier alpha value is -1.65. The zero-order valence-corrected chi connectivity index (χ0v) is 12.5.